The number of pyridine rings is 1. The molecule has 0 amide bonds. The second-order valence-corrected chi connectivity index (χ2v) is 3.98. The number of halogens is 1. The van der Waals surface area contributed by atoms with Gasteiger partial charge in [-0.05, 0) is 28.9 Å². The molecule has 0 aliphatic heterocycles. The van der Waals surface area contributed by atoms with Crippen LogP contribution in [0.25, 0.3) is 5.69 Å². The van der Waals surface area contributed by atoms with E-state index in [9.17, 15) is 10.1 Å². The highest BCUT2D eigenvalue weighted by Gasteiger charge is 2.20. The summed E-state index contributed by atoms with van der Waals surface area (Å²) in [5.41, 5.74) is 1.12. The van der Waals surface area contributed by atoms with Crippen molar-refractivity contribution in [3.63, 3.8) is 0 Å². The first-order valence-electron chi connectivity index (χ1n) is 4.40. The Balaban J connectivity index is 2.73. The summed E-state index contributed by atoms with van der Waals surface area (Å²) >= 11 is 3.24. The highest BCUT2D eigenvalue weighted by Crippen LogP contribution is 2.29. The minimum absolute atomic E-state index is 0.0822. The number of aromatic nitrogens is 3. The van der Waals surface area contributed by atoms with Gasteiger partial charge in [-0.25, -0.2) is 4.68 Å². The van der Waals surface area contributed by atoms with E-state index < -0.39 is 4.92 Å². The Morgan fingerprint density at radius 1 is 1.50 bits per heavy atom. The Morgan fingerprint density at radius 3 is 2.81 bits per heavy atom. The van der Waals surface area contributed by atoms with Crippen LogP contribution in [0.4, 0.5) is 5.69 Å². The number of aryl methyl sites for hydroxylation is 1. The summed E-state index contributed by atoms with van der Waals surface area (Å²) in [4.78, 5) is 14.2. The fourth-order valence-electron chi connectivity index (χ4n) is 1.36. The summed E-state index contributed by atoms with van der Waals surface area (Å²) in [7, 11) is 0. The number of nitro groups is 1. The monoisotopic (exact) mass is 282 g/mol. The average Bonchev–Trinajstić information content (AvgIpc) is 2.64. The SMILES string of the molecule is Cc1ccnn1-c1c(Br)cncc1[N+](=O)[O-]. The Labute approximate surface area is 99.2 Å². The molecule has 6 nitrogen and oxygen atoms in total. The highest BCUT2D eigenvalue weighted by atomic mass is 79.9. The Kier molecular flexibility index (Phi) is 2.69. The van der Waals surface area contributed by atoms with Gasteiger partial charge in [0.2, 0.25) is 0 Å². The molecular formula is C9H7BrN4O2. The van der Waals surface area contributed by atoms with E-state index in [2.05, 4.69) is 26.0 Å². The molecule has 0 unspecified atom stereocenters. The van der Waals surface area contributed by atoms with E-state index in [0.717, 1.165) is 5.69 Å². The molecule has 0 N–H and O–H groups in total. The minimum Gasteiger partial charge on any atom is -0.258 e. The van der Waals surface area contributed by atoms with E-state index >= 15 is 0 Å². The normalized spacial score (nSPS) is 10.4. The molecule has 0 aliphatic carbocycles. The predicted molar refractivity (Wildman–Crippen MR) is 60.5 cm³/mol. The molecule has 0 atom stereocenters. The molecule has 7 heteroatoms. The maximum atomic E-state index is 10.9. The van der Waals surface area contributed by atoms with Gasteiger partial charge in [0.05, 0.1) is 9.40 Å². The van der Waals surface area contributed by atoms with Crippen LogP contribution < -0.4 is 0 Å². The zero-order valence-electron chi connectivity index (χ0n) is 8.29. The predicted octanol–water partition coefficient (Wildman–Crippen LogP) is 2.25. The van der Waals surface area contributed by atoms with E-state index in [1.807, 2.05) is 6.92 Å². The third-order valence-electron chi connectivity index (χ3n) is 2.09. The number of nitrogens with zero attached hydrogens (tertiary/aromatic N) is 4. The first kappa shape index (κ1) is 10.7. The maximum Gasteiger partial charge on any atom is 0.314 e. The van der Waals surface area contributed by atoms with Gasteiger partial charge in [-0.2, -0.15) is 5.10 Å². The van der Waals surface area contributed by atoms with Crippen molar-refractivity contribution in [2.24, 2.45) is 0 Å². The van der Waals surface area contributed by atoms with Crippen LogP contribution in [-0.2, 0) is 0 Å². The molecule has 0 saturated carbocycles. The molecule has 16 heavy (non-hydrogen) atoms. The molecule has 82 valence electrons. The fourth-order valence-corrected chi connectivity index (χ4v) is 1.85. The molecular weight excluding hydrogens is 276 g/mol. The first-order valence-corrected chi connectivity index (χ1v) is 5.19. The van der Waals surface area contributed by atoms with Gasteiger partial charge in [0.15, 0.2) is 5.69 Å². The van der Waals surface area contributed by atoms with Crippen molar-refractivity contribution < 1.29 is 4.92 Å². The van der Waals surface area contributed by atoms with Crippen molar-refractivity contribution in [3.05, 3.63) is 44.9 Å². The van der Waals surface area contributed by atoms with Crippen molar-refractivity contribution in [1.29, 1.82) is 0 Å². The smallest absolute Gasteiger partial charge is 0.258 e. The van der Waals surface area contributed by atoms with Crippen LogP contribution in [0.3, 0.4) is 0 Å². The third-order valence-corrected chi connectivity index (χ3v) is 2.67. The van der Waals surface area contributed by atoms with Crippen molar-refractivity contribution in [1.82, 2.24) is 14.8 Å². The van der Waals surface area contributed by atoms with Gasteiger partial charge >= 0.3 is 5.69 Å². The van der Waals surface area contributed by atoms with Crippen molar-refractivity contribution in [3.8, 4) is 5.69 Å². The zero-order chi connectivity index (χ0) is 11.7. The summed E-state index contributed by atoms with van der Waals surface area (Å²) < 4.78 is 2.04. The Hall–Kier alpha value is -1.76. The fraction of sp³-hybridized carbons (Fsp3) is 0.111. The molecule has 2 aromatic rings. The lowest BCUT2D eigenvalue weighted by molar-refractivity contribution is -0.385. The number of hydrogen-bond donors (Lipinski definition) is 0. The van der Waals surface area contributed by atoms with Gasteiger partial charge in [-0.3, -0.25) is 15.1 Å². The summed E-state index contributed by atoms with van der Waals surface area (Å²) in [6, 6.07) is 1.77. The molecule has 2 rings (SSSR count). The summed E-state index contributed by atoms with van der Waals surface area (Å²) in [6.45, 7) is 1.82. The van der Waals surface area contributed by atoms with Crippen LogP contribution in [0.5, 0.6) is 0 Å². The van der Waals surface area contributed by atoms with E-state index in [0.29, 0.717) is 10.2 Å². The van der Waals surface area contributed by atoms with Crippen molar-refractivity contribution in [2.45, 2.75) is 6.92 Å². The number of hydrogen-bond acceptors (Lipinski definition) is 4. The molecule has 0 bridgehead atoms. The minimum atomic E-state index is -0.478. The topological polar surface area (TPSA) is 73.8 Å². The van der Waals surface area contributed by atoms with Gasteiger partial charge in [0.25, 0.3) is 0 Å². The standard InChI is InChI=1S/C9H7BrN4O2/c1-6-2-3-12-13(6)9-7(10)4-11-5-8(9)14(15)16/h2-5H,1H3. The molecule has 2 aromatic heterocycles. The largest absolute Gasteiger partial charge is 0.314 e. The maximum absolute atomic E-state index is 10.9. The van der Waals surface area contributed by atoms with Crippen molar-refractivity contribution in [2.75, 3.05) is 0 Å². The second kappa shape index (κ2) is 4.01. The molecule has 0 saturated heterocycles. The summed E-state index contributed by atoms with van der Waals surface area (Å²) in [5, 5.41) is 14.9. The first-order chi connectivity index (χ1) is 7.61. The Morgan fingerprint density at radius 2 is 2.25 bits per heavy atom. The van der Waals surface area contributed by atoms with Gasteiger partial charge in [-0.15, -0.1) is 0 Å². The lowest BCUT2D eigenvalue weighted by Gasteiger charge is -2.06. The van der Waals surface area contributed by atoms with E-state index in [4.69, 9.17) is 0 Å². The zero-order valence-corrected chi connectivity index (χ0v) is 9.88. The average molecular weight is 283 g/mol. The molecule has 0 spiro atoms. The quantitative estimate of drug-likeness (QED) is 0.625. The summed E-state index contributed by atoms with van der Waals surface area (Å²) in [6.07, 6.45) is 4.30. The van der Waals surface area contributed by atoms with Crippen LogP contribution in [0.2, 0.25) is 0 Å². The molecule has 0 aromatic carbocycles. The van der Waals surface area contributed by atoms with Crippen LogP contribution in [0.1, 0.15) is 5.69 Å². The third kappa shape index (κ3) is 1.69. The molecule has 0 radical (unpaired) electrons. The van der Waals surface area contributed by atoms with Gasteiger partial charge in [0.1, 0.15) is 6.20 Å². The lowest BCUT2D eigenvalue weighted by Crippen LogP contribution is -2.04. The van der Waals surface area contributed by atoms with Gasteiger partial charge < -0.3 is 0 Å². The van der Waals surface area contributed by atoms with E-state index in [-0.39, 0.29) is 5.69 Å². The van der Waals surface area contributed by atoms with Gasteiger partial charge in [0, 0.05) is 18.1 Å². The van der Waals surface area contributed by atoms with Crippen LogP contribution >= 0.6 is 15.9 Å². The van der Waals surface area contributed by atoms with Crippen LogP contribution in [0.15, 0.2) is 29.1 Å². The molecule has 2 heterocycles. The van der Waals surface area contributed by atoms with E-state index in [1.54, 1.807) is 12.3 Å². The Bertz CT molecular complexity index is 552. The van der Waals surface area contributed by atoms with Crippen LogP contribution in [-0.4, -0.2) is 19.7 Å². The van der Waals surface area contributed by atoms with Crippen molar-refractivity contribution >= 4 is 21.6 Å². The lowest BCUT2D eigenvalue weighted by atomic mass is 10.3. The highest BCUT2D eigenvalue weighted by molar-refractivity contribution is 9.10. The summed E-state index contributed by atoms with van der Waals surface area (Å²) in [5.74, 6) is 0. The van der Waals surface area contributed by atoms with Crippen LogP contribution in [0, 0.1) is 17.0 Å². The molecule has 0 fully saturated rings. The number of rotatable bonds is 2. The second-order valence-electron chi connectivity index (χ2n) is 3.13. The molecule has 0 aliphatic rings. The van der Waals surface area contributed by atoms with Gasteiger partial charge in [-0.1, -0.05) is 0 Å². The van der Waals surface area contributed by atoms with E-state index in [1.165, 1.54) is 17.1 Å².